The number of allylic oxidation sites excluding steroid dienone is 1. The molecule has 0 radical (unpaired) electrons. The van der Waals surface area contributed by atoms with Crippen LogP contribution in [0.5, 0.6) is 0 Å². The quantitative estimate of drug-likeness (QED) is 0.648. The Balaban J connectivity index is 3.30. The van der Waals surface area contributed by atoms with Gasteiger partial charge in [0.15, 0.2) is 0 Å². The summed E-state index contributed by atoms with van der Waals surface area (Å²) in [6.07, 6.45) is 1.63. The van der Waals surface area contributed by atoms with E-state index in [1.165, 1.54) is 11.1 Å². The molecule has 0 N–H and O–H groups in total. The summed E-state index contributed by atoms with van der Waals surface area (Å²) in [6.45, 7) is 6.04. The van der Waals surface area contributed by atoms with Gasteiger partial charge in [-0.3, -0.25) is 0 Å². The predicted molar refractivity (Wildman–Crippen MR) is 59.9 cm³/mol. The van der Waals surface area contributed by atoms with Gasteiger partial charge in [0.2, 0.25) is 0 Å². The van der Waals surface area contributed by atoms with Crippen LogP contribution in [0.25, 0.3) is 6.08 Å². The first-order valence-electron chi connectivity index (χ1n) is 4.68. The lowest BCUT2D eigenvalue weighted by atomic mass is 9.99. The lowest BCUT2D eigenvalue weighted by Crippen LogP contribution is -1.88. The summed E-state index contributed by atoms with van der Waals surface area (Å²) >= 11 is 0. The lowest BCUT2D eigenvalue weighted by Gasteiger charge is -2.05. The fourth-order valence-electron chi connectivity index (χ4n) is 1.38. The van der Waals surface area contributed by atoms with Gasteiger partial charge in [-0.25, -0.2) is 0 Å². The molecule has 0 fully saturated rings. The standard InChI is InChI=1S/C13H12N2/c1-9-4-11(3)13(5-10(9)2)6-12(7-14)8-15/h4-6H,1-3H3. The Labute approximate surface area is 90.1 Å². The number of hydrogen-bond acceptors (Lipinski definition) is 2. The second-order valence-corrected chi connectivity index (χ2v) is 3.57. The van der Waals surface area contributed by atoms with Crippen molar-refractivity contribution in [2.45, 2.75) is 20.8 Å². The average Bonchev–Trinajstić information content (AvgIpc) is 2.21. The average molecular weight is 196 g/mol. The van der Waals surface area contributed by atoms with Crippen molar-refractivity contribution in [3.63, 3.8) is 0 Å². The monoisotopic (exact) mass is 196 g/mol. The highest BCUT2D eigenvalue weighted by atomic mass is 14.3. The molecule has 1 aromatic carbocycles. The van der Waals surface area contributed by atoms with Gasteiger partial charge in [-0.15, -0.1) is 0 Å². The van der Waals surface area contributed by atoms with E-state index in [0.29, 0.717) is 0 Å². The highest BCUT2D eigenvalue weighted by Crippen LogP contribution is 2.17. The molecular formula is C13H12N2. The minimum Gasteiger partial charge on any atom is -0.192 e. The van der Waals surface area contributed by atoms with E-state index in [9.17, 15) is 0 Å². The van der Waals surface area contributed by atoms with Gasteiger partial charge < -0.3 is 0 Å². The third kappa shape index (κ3) is 2.45. The molecule has 1 aromatic rings. The molecule has 0 aliphatic rings. The van der Waals surface area contributed by atoms with E-state index in [1.807, 2.05) is 39.0 Å². The zero-order valence-electron chi connectivity index (χ0n) is 9.13. The second kappa shape index (κ2) is 4.44. The predicted octanol–water partition coefficient (Wildman–Crippen LogP) is 3.04. The van der Waals surface area contributed by atoms with Crippen LogP contribution >= 0.6 is 0 Å². The SMILES string of the molecule is Cc1cc(C)c(C=C(C#N)C#N)cc1C. The van der Waals surface area contributed by atoms with E-state index >= 15 is 0 Å². The van der Waals surface area contributed by atoms with Crippen LogP contribution < -0.4 is 0 Å². The second-order valence-electron chi connectivity index (χ2n) is 3.57. The highest BCUT2D eigenvalue weighted by Gasteiger charge is 2.01. The zero-order chi connectivity index (χ0) is 11.4. The van der Waals surface area contributed by atoms with Crippen molar-refractivity contribution in [2.24, 2.45) is 0 Å². The molecule has 2 nitrogen and oxygen atoms in total. The maximum atomic E-state index is 8.66. The first-order valence-corrected chi connectivity index (χ1v) is 4.68. The van der Waals surface area contributed by atoms with Crippen molar-refractivity contribution in [1.29, 1.82) is 10.5 Å². The first kappa shape index (κ1) is 11.0. The van der Waals surface area contributed by atoms with Crippen LogP contribution in [0.2, 0.25) is 0 Å². The number of benzene rings is 1. The van der Waals surface area contributed by atoms with Crippen molar-refractivity contribution < 1.29 is 0 Å². The number of hydrogen-bond donors (Lipinski definition) is 0. The molecule has 0 saturated heterocycles. The van der Waals surface area contributed by atoms with Gasteiger partial charge in [-0.2, -0.15) is 10.5 Å². The third-order valence-corrected chi connectivity index (χ3v) is 2.42. The van der Waals surface area contributed by atoms with Gasteiger partial charge in [-0.1, -0.05) is 12.1 Å². The van der Waals surface area contributed by atoms with Gasteiger partial charge in [0.25, 0.3) is 0 Å². The van der Waals surface area contributed by atoms with Crippen LogP contribution in [0.4, 0.5) is 0 Å². The summed E-state index contributed by atoms with van der Waals surface area (Å²) in [4.78, 5) is 0. The molecule has 0 heterocycles. The zero-order valence-corrected chi connectivity index (χ0v) is 9.13. The van der Waals surface area contributed by atoms with Crippen molar-refractivity contribution in [1.82, 2.24) is 0 Å². The molecule has 0 bridgehead atoms. The number of nitriles is 2. The molecule has 74 valence electrons. The number of aryl methyl sites for hydroxylation is 3. The molecule has 0 atom stereocenters. The Morgan fingerprint density at radius 1 is 1.00 bits per heavy atom. The summed E-state index contributed by atoms with van der Waals surface area (Å²) in [7, 11) is 0. The largest absolute Gasteiger partial charge is 0.192 e. The molecule has 0 spiro atoms. The summed E-state index contributed by atoms with van der Waals surface area (Å²) in [5, 5.41) is 17.3. The van der Waals surface area contributed by atoms with Crippen LogP contribution in [-0.4, -0.2) is 0 Å². The molecular weight excluding hydrogens is 184 g/mol. The number of rotatable bonds is 1. The van der Waals surface area contributed by atoms with Crippen LogP contribution in [0.3, 0.4) is 0 Å². The van der Waals surface area contributed by atoms with Crippen molar-refractivity contribution in [3.8, 4) is 12.1 Å². The third-order valence-electron chi connectivity index (χ3n) is 2.42. The van der Waals surface area contributed by atoms with Gasteiger partial charge in [0.1, 0.15) is 17.7 Å². The van der Waals surface area contributed by atoms with Gasteiger partial charge in [0, 0.05) is 0 Å². The van der Waals surface area contributed by atoms with E-state index < -0.39 is 0 Å². The summed E-state index contributed by atoms with van der Waals surface area (Å²) < 4.78 is 0. The fraction of sp³-hybridized carbons (Fsp3) is 0.231. The van der Waals surface area contributed by atoms with Gasteiger partial charge in [0.05, 0.1) is 0 Å². The first-order chi connectivity index (χ1) is 7.08. The smallest absolute Gasteiger partial charge is 0.130 e. The minimum absolute atomic E-state index is 0.140. The van der Waals surface area contributed by atoms with E-state index in [1.54, 1.807) is 6.08 Å². The van der Waals surface area contributed by atoms with Gasteiger partial charge in [-0.05, 0) is 49.1 Å². The van der Waals surface area contributed by atoms with Crippen LogP contribution in [0.15, 0.2) is 17.7 Å². The van der Waals surface area contributed by atoms with Crippen molar-refractivity contribution in [2.75, 3.05) is 0 Å². The fourth-order valence-corrected chi connectivity index (χ4v) is 1.38. The van der Waals surface area contributed by atoms with Crippen molar-refractivity contribution >= 4 is 6.08 Å². The number of nitrogens with zero attached hydrogens (tertiary/aromatic N) is 2. The normalized spacial score (nSPS) is 8.87. The Morgan fingerprint density at radius 3 is 2.07 bits per heavy atom. The Morgan fingerprint density at radius 2 is 1.53 bits per heavy atom. The lowest BCUT2D eigenvalue weighted by molar-refractivity contribution is 1.29. The molecule has 0 amide bonds. The van der Waals surface area contributed by atoms with Gasteiger partial charge >= 0.3 is 0 Å². The molecule has 0 aliphatic carbocycles. The maximum absolute atomic E-state index is 8.66. The molecule has 0 saturated carbocycles. The summed E-state index contributed by atoms with van der Waals surface area (Å²) in [5.41, 5.74) is 4.56. The van der Waals surface area contributed by atoms with E-state index in [0.717, 1.165) is 11.1 Å². The Bertz CT molecular complexity index is 480. The molecule has 2 heteroatoms. The summed E-state index contributed by atoms with van der Waals surface area (Å²) in [5.74, 6) is 0. The molecule has 0 aromatic heterocycles. The van der Waals surface area contributed by atoms with Crippen LogP contribution in [0, 0.1) is 43.4 Å². The Kier molecular flexibility index (Phi) is 3.26. The van der Waals surface area contributed by atoms with E-state index in [4.69, 9.17) is 10.5 Å². The van der Waals surface area contributed by atoms with Crippen LogP contribution in [0.1, 0.15) is 22.3 Å². The van der Waals surface area contributed by atoms with E-state index in [-0.39, 0.29) is 5.57 Å². The Hall–Kier alpha value is -2.06. The molecule has 15 heavy (non-hydrogen) atoms. The highest BCUT2D eigenvalue weighted by molar-refractivity contribution is 5.65. The van der Waals surface area contributed by atoms with Crippen molar-refractivity contribution in [3.05, 3.63) is 40.0 Å². The molecule has 0 unspecified atom stereocenters. The van der Waals surface area contributed by atoms with Crippen LogP contribution in [-0.2, 0) is 0 Å². The minimum atomic E-state index is 0.140. The topological polar surface area (TPSA) is 47.6 Å². The van der Waals surface area contributed by atoms with E-state index in [2.05, 4.69) is 6.07 Å². The summed E-state index contributed by atoms with van der Waals surface area (Å²) in [6, 6.07) is 7.79. The molecule has 1 rings (SSSR count). The maximum Gasteiger partial charge on any atom is 0.130 e. The molecule has 0 aliphatic heterocycles.